The molecule has 1 aliphatic heterocycles. The Kier molecular flexibility index (Phi) is 8.58. The zero-order valence-corrected chi connectivity index (χ0v) is 18.6. The van der Waals surface area contributed by atoms with E-state index in [1.54, 1.807) is 22.5 Å². The van der Waals surface area contributed by atoms with Gasteiger partial charge in [-0.05, 0) is 30.7 Å². The Morgan fingerprint density at radius 3 is 2.23 bits per heavy atom. The average molecular weight is 465 g/mol. The fourth-order valence-corrected chi connectivity index (χ4v) is 4.88. The van der Waals surface area contributed by atoms with Crippen LogP contribution >= 0.6 is 0 Å². The van der Waals surface area contributed by atoms with Gasteiger partial charge < -0.3 is 4.74 Å². The van der Waals surface area contributed by atoms with E-state index in [0.29, 0.717) is 12.4 Å². The smallest absolute Gasteiger partial charge is 0.262 e. The summed E-state index contributed by atoms with van der Waals surface area (Å²) in [6, 6.07) is 4.90. The van der Waals surface area contributed by atoms with Gasteiger partial charge in [-0.3, -0.25) is 14.9 Å². The highest BCUT2D eigenvalue weighted by molar-refractivity contribution is 7.89. The Balaban J connectivity index is 2.04. The number of amides is 1. The number of carbonyl (C=O) groups is 1. The van der Waals surface area contributed by atoms with Gasteiger partial charge in [0.15, 0.2) is 0 Å². The van der Waals surface area contributed by atoms with Gasteiger partial charge in [0.1, 0.15) is 11.8 Å². The van der Waals surface area contributed by atoms with Crippen LogP contribution in [0.4, 0.5) is 0 Å². The van der Waals surface area contributed by atoms with Crippen LogP contribution in [0.5, 0.6) is 5.75 Å². The van der Waals surface area contributed by atoms with Gasteiger partial charge in [0.25, 0.3) is 5.91 Å². The first-order valence-corrected chi connectivity index (χ1v) is 12.8. The first kappa shape index (κ1) is 24.5. The summed E-state index contributed by atoms with van der Waals surface area (Å²) in [4.78, 5) is 13.7. The van der Waals surface area contributed by atoms with Gasteiger partial charge in [-0.2, -0.15) is 4.31 Å². The molecule has 1 amide bonds. The van der Waals surface area contributed by atoms with Gasteiger partial charge in [0.05, 0.1) is 17.8 Å². The molecular weight excluding hydrogens is 436 g/mol. The van der Waals surface area contributed by atoms with Crippen molar-refractivity contribution in [2.24, 2.45) is 0 Å². The number of rotatable bonds is 10. The van der Waals surface area contributed by atoms with Gasteiger partial charge in [0.2, 0.25) is 20.0 Å². The molecule has 13 heteroatoms. The predicted octanol–water partition coefficient (Wildman–Crippen LogP) is -0.795. The minimum absolute atomic E-state index is 0.0106. The number of nitrogens with zero attached hydrogens (tertiary/aromatic N) is 2. The van der Waals surface area contributed by atoms with Crippen LogP contribution in [0.3, 0.4) is 0 Å². The molecule has 0 radical (unpaired) electrons. The summed E-state index contributed by atoms with van der Waals surface area (Å²) >= 11 is 0. The second kappa shape index (κ2) is 10.5. The van der Waals surface area contributed by atoms with Crippen molar-refractivity contribution in [2.75, 3.05) is 45.6 Å². The Labute approximate surface area is 177 Å². The summed E-state index contributed by atoms with van der Waals surface area (Å²) in [5.74, 6) is -0.231. The van der Waals surface area contributed by atoms with Gasteiger partial charge >= 0.3 is 0 Å². The van der Waals surface area contributed by atoms with Crippen molar-refractivity contribution < 1.29 is 31.6 Å². The number of hydrogen-bond donors (Lipinski definition) is 3. The summed E-state index contributed by atoms with van der Waals surface area (Å²) in [6.07, 6.45) is 1.93. The van der Waals surface area contributed by atoms with E-state index in [2.05, 4.69) is 4.72 Å². The van der Waals surface area contributed by atoms with Crippen LogP contribution in [0.15, 0.2) is 29.2 Å². The molecule has 1 aromatic carbocycles. The molecule has 170 valence electrons. The fourth-order valence-electron chi connectivity index (χ4n) is 3.02. The molecule has 1 aliphatic rings. The fraction of sp³-hybridized carbons (Fsp3) is 0.588. The third kappa shape index (κ3) is 6.62. The lowest BCUT2D eigenvalue weighted by Crippen LogP contribution is -2.58. The van der Waals surface area contributed by atoms with Crippen molar-refractivity contribution in [1.82, 2.24) is 19.4 Å². The molecule has 0 saturated carbocycles. The minimum Gasteiger partial charge on any atom is -0.494 e. The molecule has 1 fully saturated rings. The number of nitrogens with one attached hydrogen (secondary N) is 2. The van der Waals surface area contributed by atoms with Crippen LogP contribution in [0.2, 0.25) is 0 Å². The van der Waals surface area contributed by atoms with Gasteiger partial charge in [-0.25, -0.2) is 27.0 Å². The molecule has 30 heavy (non-hydrogen) atoms. The van der Waals surface area contributed by atoms with Crippen LogP contribution in [0.1, 0.15) is 13.3 Å². The predicted molar refractivity (Wildman–Crippen MR) is 109 cm³/mol. The molecular formula is C17H28N4O7S2. The molecule has 1 heterocycles. The van der Waals surface area contributed by atoms with Crippen LogP contribution in [0.25, 0.3) is 0 Å². The first-order chi connectivity index (χ1) is 14.1. The summed E-state index contributed by atoms with van der Waals surface area (Å²) in [6.45, 7) is 2.96. The molecule has 0 aliphatic carbocycles. The summed E-state index contributed by atoms with van der Waals surface area (Å²) in [7, 11) is -7.25. The van der Waals surface area contributed by atoms with Gasteiger partial charge in [-0.15, -0.1) is 0 Å². The lowest BCUT2D eigenvalue weighted by atomic mass is 10.2. The van der Waals surface area contributed by atoms with Crippen molar-refractivity contribution in [1.29, 1.82) is 0 Å². The van der Waals surface area contributed by atoms with Crippen LogP contribution < -0.4 is 14.9 Å². The van der Waals surface area contributed by atoms with Crippen LogP contribution in [-0.2, 0) is 24.8 Å². The molecule has 1 saturated heterocycles. The minimum atomic E-state index is -3.91. The Morgan fingerprint density at radius 2 is 1.73 bits per heavy atom. The van der Waals surface area contributed by atoms with Crippen molar-refractivity contribution in [3.05, 3.63) is 24.3 Å². The van der Waals surface area contributed by atoms with E-state index in [1.807, 2.05) is 6.92 Å². The summed E-state index contributed by atoms with van der Waals surface area (Å²) in [5, 5.41) is 9.04. The molecule has 0 unspecified atom stereocenters. The van der Waals surface area contributed by atoms with Crippen molar-refractivity contribution in [3.8, 4) is 5.75 Å². The Bertz CT molecular complexity index is 912. The maximum Gasteiger partial charge on any atom is 0.262 e. The average Bonchev–Trinajstić information content (AvgIpc) is 2.72. The van der Waals surface area contributed by atoms with E-state index in [0.717, 1.165) is 12.7 Å². The monoisotopic (exact) mass is 464 g/mol. The molecule has 1 atom stereocenters. The third-order valence-electron chi connectivity index (χ3n) is 4.67. The zero-order valence-electron chi connectivity index (χ0n) is 16.9. The topological polar surface area (TPSA) is 145 Å². The highest BCUT2D eigenvalue weighted by atomic mass is 32.2. The lowest BCUT2D eigenvalue weighted by molar-refractivity contribution is -0.135. The van der Waals surface area contributed by atoms with Crippen molar-refractivity contribution in [2.45, 2.75) is 24.3 Å². The van der Waals surface area contributed by atoms with E-state index in [1.165, 1.54) is 16.4 Å². The van der Waals surface area contributed by atoms with E-state index >= 15 is 0 Å². The maximum absolute atomic E-state index is 12.6. The number of piperazine rings is 1. The quantitative estimate of drug-likeness (QED) is 0.302. The van der Waals surface area contributed by atoms with E-state index < -0.39 is 32.0 Å². The first-order valence-electron chi connectivity index (χ1n) is 9.44. The Morgan fingerprint density at radius 1 is 1.13 bits per heavy atom. The van der Waals surface area contributed by atoms with E-state index in [-0.39, 0.29) is 37.6 Å². The molecule has 3 N–H and O–H groups in total. The number of carbonyl (C=O) groups excluding carboxylic acids is 1. The van der Waals surface area contributed by atoms with Crippen molar-refractivity contribution in [3.63, 3.8) is 0 Å². The second-order valence-corrected chi connectivity index (χ2v) is 10.6. The molecule has 0 bridgehead atoms. The molecule has 11 nitrogen and oxygen atoms in total. The number of hydroxylamine groups is 1. The molecule has 2 rings (SSSR count). The summed E-state index contributed by atoms with van der Waals surface area (Å²) < 4.78 is 57.5. The largest absolute Gasteiger partial charge is 0.494 e. The van der Waals surface area contributed by atoms with Crippen molar-refractivity contribution >= 4 is 26.0 Å². The standard InChI is InChI=1S/C17H28N4O7S2/c1-3-12-28-14-4-6-15(7-5-14)30(26,27)18-13-16(17(22)19-23)20-8-10-21(11-9-20)29(2,24)25/h4-7,16,18,23H,3,8-13H2,1-2H3,(H,19,22)/t16-/m0/s1. The summed E-state index contributed by atoms with van der Waals surface area (Å²) in [5.41, 5.74) is 1.54. The van der Waals surface area contributed by atoms with Gasteiger partial charge in [0, 0.05) is 32.7 Å². The lowest BCUT2D eigenvalue weighted by Gasteiger charge is -2.37. The zero-order chi connectivity index (χ0) is 22.4. The van der Waals surface area contributed by atoms with E-state index in [4.69, 9.17) is 9.94 Å². The van der Waals surface area contributed by atoms with Gasteiger partial charge in [-0.1, -0.05) is 6.92 Å². The number of sulfonamides is 2. The number of ether oxygens (including phenoxy) is 1. The highest BCUT2D eigenvalue weighted by Gasteiger charge is 2.32. The molecule has 0 aromatic heterocycles. The van der Waals surface area contributed by atoms with Crippen LogP contribution in [-0.4, -0.2) is 88.8 Å². The normalized spacial score (nSPS) is 17.4. The number of benzene rings is 1. The highest BCUT2D eigenvalue weighted by Crippen LogP contribution is 2.16. The second-order valence-electron chi connectivity index (χ2n) is 6.86. The van der Waals surface area contributed by atoms with Crippen LogP contribution in [0, 0.1) is 0 Å². The van der Waals surface area contributed by atoms with E-state index in [9.17, 15) is 21.6 Å². The Hall–Kier alpha value is -1.77. The SMILES string of the molecule is CCCOc1ccc(S(=O)(=O)NC[C@@H](C(=O)NO)N2CCN(S(C)(=O)=O)CC2)cc1. The third-order valence-corrected chi connectivity index (χ3v) is 7.41. The molecule has 0 spiro atoms. The number of hydrogen-bond acceptors (Lipinski definition) is 8. The maximum atomic E-state index is 12.6. The molecule has 1 aromatic rings.